The number of nitrogens with two attached hydrogens (primary N) is 1. The van der Waals surface area contributed by atoms with Crippen molar-refractivity contribution in [3.8, 4) is 0 Å². The van der Waals surface area contributed by atoms with Gasteiger partial charge in [0.25, 0.3) is 0 Å². The van der Waals surface area contributed by atoms with Crippen molar-refractivity contribution in [1.29, 1.82) is 0 Å². The molecule has 0 aliphatic carbocycles. The lowest BCUT2D eigenvalue weighted by Crippen LogP contribution is -2.27. The molecule has 0 aromatic carbocycles. The number of aryl methyl sites for hydroxylation is 1. The molecule has 0 unspecified atom stereocenters. The second-order valence-electron chi connectivity index (χ2n) is 3.00. The van der Waals surface area contributed by atoms with Crippen LogP contribution in [0.1, 0.15) is 17.5 Å². The molecular weight excluding hydrogens is 216 g/mol. The lowest BCUT2D eigenvalue weighted by atomic mass is 10.2. The number of thiocarbonyl (C=S) groups is 1. The number of rotatable bonds is 4. The zero-order valence-electron chi connectivity index (χ0n) is 7.87. The average Bonchev–Trinajstić information content (AvgIpc) is 2.46. The molecule has 14 heavy (non-hydrogen) atoms. The highest BCUT2D eigenvalue weighted by Gasteiger charge is 2.04. The Hall–Kier alpha value is -0.940. The van der Waals surface area contributed by atoms with Gasteiger partial charge in [0, 0.05) is 6.54 Å². The van der Waals surface area contributed by atoms with E-state index in [0.29, 0.717) is 6.54 Å². The van der Waals surface area contributed by atoms with Gasteiger partial charge in [0.1, 0.15) is 0 Å². The van der Waals surface area contributed by atoms with Gasteiger partial charge in [0.15, 0.2) is 0 Å². The summed E-state index contributed by atoms with van der Waals surface area (Å²) in [5.74, 6) is -0.122. The maximum Gasteiger partial charge on any atom is 0.227 e. The molecule has 0 fully saturated rings. The van der Waals surface area contributed by atoms with Crippen LogP contribution in [0.3, 0.4) is 0 Å². The van der Waals surface area contributed by atoms with E-state index in [0.717, 1.165) is 5.56 Å². The van der Waals surface area contributed by atoms with Crippen molar-refractivity contribution in [2.24, 2.45) is 5.73 Å². The molecule has 0 bridgehead atoms. The van der Waals surface area contributed by atoms with Crippen molar-refractivity contribution >= 4 is 34.5 Å². The highest BCUT2D eigenvalue weighted by atomic mass is 32.1. The van der Waals surface area contributed by atoms with Crippen LogP contribution in [0, 0.1) is 6.92 Å². The number of nitrogens with one attached hydrogen (secondary N) is 1. The summed E-state index contributed by atoms with van der Waals surface area (Å²) in [7, 11) is 0. The van der Waals surface area contributed by atoms with E-state index in [-0.39, 0.29) is 17.3 Å². The third-order valence-electron chi connectivity index (χ3n) is 1.77. The molecule has 1 amide bonds. The number of thiophene rings is 1. The van der Waals surface area contributed by atoms with Crippen molar-refractivity contribution in [1.82, 2.24) is 5.32 Å². The molecule has 1 heterocycles. The summed E-state index contributed by atoms with van der Waals surface area (Å²) >= 11 is 6.26. The number of amides is 1. The van der Waals surface area contributed by atoms with Gasteiger partial charge in [-0.3, -0.25) is 4.79 Å². The quantitative estimate of drug-likeness (QED) is 0.765. The Bertz CT molecular complexity index is 346. The van der Waals surface area contributed by atoms with Crippen LogP contribution in [0.5, 0.6) is 0 Å². The summed E-state index contributed by atoms with van der Waals surface area (Å²) in [4.78, 5) is 11.4. The summed E-state index contributed by atoms with van der Waals surface area (Å²) in [5, 5.41) is 6.83. The standard InChI is InChI=1S/C9H12N2OS2/c1-6-4-14-5-7(6)3-11-9(12)2-8(10)13/h4-5H,2-3H2,1H3,(H2,10,13)(H,11,12). The van der Waals surface area contributed by atoms with Crippen molar-refractivity contribution in [3.05, 3.63) is 21.9 Å². The molecule has 0 aliphatic rings. The summed E-state index contributed by atoms with van der Waals surface area (Å²) in [5.41, 5.74) is 7.59. The Labute approximate surface area is 92.3 Å². The van der Waals surface area contributed by atoms with E-state index in [9.17, 15) is 4.79 Å². The van der Waals surface area contributed by atoms with E-state index in [1.165, 1.54) is 5.56 Å². The number of carbonyl (C=O) groups is 1. The SMILES string of the molecule is Cc1cscc1CNC(=O)CC(N)=S. The molecule has 5 heteroatoms. The average molecular weight is 228 g/mol. The fourth-order valence-electron chi connectivity index (χ4n) is 0.982. The van der Waals surface area contributed by atoms with Crippen LogP contribution in [0.25, 0.3) is 0 Å². The summed E-state index contributed by atoms with van der Waals surface area (Å²) in [6.07, 6.45) is 0.124. The first-order valence-corrected chi connectivity index (χ1v) is 5.51. The van der Waals surface area contributed by atoms with Crippen molar-refractivity contribution in [3.63, 3.8) is 0 Å². The Morgan fingerprint density at radius 2 is 2.36 bits per heavy atom. The van der Waals surface area contributed by atoms with Gasteiger partial charge in [-0.05, 0) is 28.8 Å². The zero-order chi connectivity index (χ0) is 10.6. The van der Waals surface area contributed by atoms with E-state index in [4.69, 9.17) is 5.73 Å². The molecule has 0 aliphatic heterocycles. The maximum absolute atomic E-state index is 11.2. The van der Waals surface area contributed by atoms with Gasteiger partial charge in [-0.1, -0.05) is 12.2 Å². The monoisotopic (exact) mass is 228 g/mol. The first-order chi connectivity index (χ1) is 6.59. The Morgan fingerprint density at radius 3 is 2.86 bits per heavy atom. The van der Waals surface area contributed by atoms with Crippen LogP contribution in [0.15, 0.2) is 10.8 Å². The molecule has 3 nitrogen and oxygen atoms in total. The van der Waals surface area contributed by atoms with E-state index in [2.05, 4.69) is 22.9 Å². The Morgan fingerprint density at radius 1 is 1.64 bits per heavy atom. The molecule has 0 spiro atoms. The zero-order valence-corrected chi connectivity index (χ0v) is 9.50. The normalized spacial score (nSPS) is 9.79. The van der Waals surface area contributed by atoms with Crippen LogP contribution in [-0.4, -0.2) is 10.9 Å². The minimum absolute atomic E-state index is 0.122. The molecular formula is C9H12N2OS2. The lowest BCUT2D eigenvalue weighted by molar-refractivity contribution is -0.120. The lowest BCUT2D eigenvalue weighted by Gasteiger charge is -2.03. The van der Waals surface area contributed by atoms with Gasteiger partial charge < -0.3 is 11.1 Å². The molecule has 0 saturated carbocycles. The van der Waals surface area contributed by atoms with E-state index >= 15 is 0 Å². The predicted molar refractivity (Wildman–Crippen MR) is 62.3 cm³/mol. The molecule has 1 aromatic rings. The summed E-state index contributed by atoms with van der Waals surface area (Å²) in [6, 6.07) is 0. The predicted octanol–water partition coefficient (Wildman–Crippen LogP) is 1.35. The first-order valence-electron chi connectivity index (χ1n) is 4.16. The highest BCUT2D eigenvalue weighted by molar-refractivity contribution is 7.80. The van der Waals surface area contributed by atoms with Crippen LogP contribution in [0.2, 0.25) is 0 Å². The summed E-state index contributed by atoms with van der Waals surface area (Å²) < 4.78 is 0. The number of carbonyl (C=O) groups excluding carboxylic acids is 1. The molecule has 1 aromatic heterocycles. The number of hydrogen-bond acceptors (Lipinski definition) is 3. The Kier molecular flexibility index (Phi) is 4.03. The third-order valence-corrected chi connectivity index (χ3v) is 2.83. The van der Waals surface area contributed by atoms with Crippen LogP contribution in [-0.2, 0) is 11.3 Å². The fourth-order valence-corrected chi connectivity index (χ4v) is 1.97. The molecule has 3 N–H and O–H groups in total. The third kappa shape index (κ3) is 3.43. The van der Waals surface area contributed by atoms with Gasteiger partial charge in [-0.2, -0.15) is 11.3 Å². The maximum atomic E-state index is 11.2. The van der Waals surface area contributed by atoms with Crippen LogP contribution in [0.4, 0.5) is 0 Å². The van der Waals surface area contributed by atoms with Crippen molar-refractivity contribution in [2.45, 2.75) is 19.9 Å². The van der Waals surface area contributed by atoms with Gasteiger partial charge >= 0.3 is 0 Å². The molecule has 0 radical (unpaired) electrons. The van der Waals surface area contributed by atoms with Crippen molar-refractivity contribution < 1.29 is 4.79 Å². The van der Waals surface area contributed by atoms with E-state index in [1.54, 1.807) is 11.3 Å². The fraction of sp³-hybridized carbons (Fsp3) is 0.333. The second-order valence-corrected chi connectivity index (χ2v) is 4.27. The van der Waals surface area contributed by atoms with Gasteiger partial charge in [0.05, 0.1) is 11.4 Å². The largest absolute Gasteiger partial charge is 0.393 e. The minimum Gasteiger partial charge on any atom is -0.393 e. The Balaban J connectivity index is 2.38. The molecule has 76 valence electrons. The first kappa shape index (κ1) is 11.1. The smallest absolute Gasteiger partial charge is 0.227 e. The molecule has 0 atom stereocenters. The number of hydrogen-bond donors (Lipinski definition) is 2. The van der Waals surface area contributed by atoms with Gasteiger partial charge in [-0.25, -0.2) is 0 Å². The van der Waals surface area contributed by atoms with Crippen molar-refractivity contribution in [2.75, 3.05) is 0 Å². The minimum atomic E-state index is -0.122. The van der Waals surface area contributed by atoms with Crippen LogP contribution < -0.4 is 11.1 Å². The van der Waals surface area contributed by atoms with Crippen LogP contribution >= 0.6 is 23.6 Å². The highest BCUT2D eigenvalue weighted by Crippen LogP contribution is 2.12. The van der Waals surface area contributed by atoms with E-state index < -0.39 is 0 Å². The van der Waals surface area contributed by atoms with E-state index in [1.807, 2.05) is 12.3 Å². The van der Waals surface area contributed by atoms with Gasteiger partial charge in [0.2, 0.25) is 5.91 Å². The summed E-state index contributed by atoms with van der Waals surface area (Å²) in [6.45, 7) is 2.57. The molecule has 1 rings (SSSR count). The second kappa shape index (κ2) is 5.07. The molecule has 0 saturated heterocycles. The van der Waals surface area contributed by atoms with Gasteiger partial charge in [-0.15, -0.1) is 0 Å². The topological polar surface area (TPSA) is 55.1 Å².